The van der Waals surface area contributed by atoms with Gasteiger partial charge in [-0.15, -0.1) is 0 Å². The van der Waals surface area contributed by atoms with Crippen LogP contribution in [0, 0.1) is 0 Å². The summed E-state index contributed by atoms with van der Waals surface area (Å²) in [5.74, 6) is 1.52. The lowest BCUT2D eigenvalue weighted by molar-refractivity contribution is 0.188. The molecule has 0 aliphatic rings. The molecule has 18 heavy (non-hydrogen) atoms. The predicted octanol–water partition coefficient (Wildman–Crippen LogP) is 3.47. The van der Waals surface area contributed by atoms with Gasteiger partial charge in [-0.2, -0.15) is 5.10 Å². The van der Waals surface area contributed by atoms with Crippen molar-refractivity contribution in [3.05, 3.63) is 41.1 Å². The number of halogens is 1. The summed E-state index contributed by atoms with van der Waals surface area (Å²) in [7, 11) is 1.70. The fourth-order valence-corrected chi connectivity index (χ4v) is 2.00. The molecule has 0 atom stereocenters. The van der Waals surface area contributed by atoms with Gasteiger partial charge in [0, 0.05) is 20.3 Å². The van der Waals surface area contributed by atoms with Gasteiger partial charge in [0.15, 0.2) is 5.75 Å². The quantitative estimate of drug-likeness (QED) is 0.766. The number of ether oxygens (including phenoxy) is 2. The van der Waals surface area contributed by atoms with Gasteiger partial charge >= 0.3 is 0 Å². The smallest absolute Gasteiger partial charge is 0.179 e. The Bertz CT molecular complexity index is 485. The van der Waals surface area contributed by atoms with E-state index in [4.69, 9.17) is 9.47 Å². The van der Waals surface area contributed by atoms with Gasteiger partial charge in [-0.25, -0.2) is 0 Å². The molecule has 0 aliphatic carbocycles. The molecule has 0 fully saturated rings. The van der Waals surface area contributed by atoms with Crippen LogP contribution in [0.1, 0.15) is 6.42 Å². The Morgan fingerprint density at radius 1 is 1.28 bits per heavy atom. The van der Waals surface area contributed by atoms with E-state index in [2.05, 4.69) is 21.0 Å². The first kappa shape index (κ1) is 13.1. The normalized spacial score (nSPS) is 10.6. The van der Waals surface area contributed by atoms with E-state index < -0.39 is 0 Å². The Balaban J connectivity index is 2.02. The zero-order valence-corrected chi connectivity index (χ0v) is 11.8. The Morgan fingerprint density at radius 2 is 2.06 bits per heavy atom. The Labute approximate surface area is 115 Å². The molecule has 0 saturated heterocycles. The van der Waals surface area contributed by atoms with Crippen LogP contribution in [0.5, 0.6) is 11.5 Å². The first-order chi connectivity index (χ1) is 8.81. The molecule has 0 amide bonds. The first-order valence-corrected chi connectivity index (χ1v) is 6.53. The van der Waals surface area contributed by atoms with Crippen molar-refractivity contribution in [1.29, 1.82) is 0 Å². The fraction of sp³-hybridized carbons (Fsp3) is 0.308. The highest BCUT2D eigenvalue weighted by atomic mass is 79.9. The summed E-state index contributed by atoms with van der Waals surface area (Å²) in [6.07, 6.45) is 2.63. The topological polar surface area (TPSA) is 36.3 Å². The molecule has 96 valence electrons. The van der Waals surface area contributed by atoms with Crippen molar-refractivity contribution < 1.29 is 9.47 Å². The molecule has 0 aliphatic heterocycles. The maximum atomic E-state index is 5.73. The molecular weight excluding hydrogens is 296 g/mol. The minimum Gasteiger partial charge on any atom is -0.453 e. The Kier molecular flexibility index (Phi) is 4.78. The van der Waals surface area contributed by atoms with Gasteiger partial charge in [-0.3, -0.25) is 4.68 Å². The summed E-state index contributed by atoms with van der Waals surface area (Å²) in [6.45, 7) is 1.52. The largest absolute Gasteiger partial charge is 0.453 e. The second kappa shape index (κ2) is 6.56. The zero-order valence-electron chi connectivity index (χ0n) is 10.2. The molecule has 0 radical (unpaired) electrons. The molecular formula is C13H15BrN2O2. The van der Waals surface area contributed by atoms with Crippen LogP contribution in [0.3, 0.4) is 0 Å². The molecule has 0 N–H and O–H groups in total. The summed E-state index contributed by atoms with van der Waals surface area (Å²) in [4.78, 5) is 0. The van der Waals surface area contributed by atoms with Crippen molar-refractivity contribution in [2.75, 3.05) is 13.7 Å². The number of aryl methyl sites for hydroxylation is 1. The van der Waals surface area contributed by atoms with E-state index in [-0.39, 0.29) is 0 Å². The van der Waals surface area contributed by atoms with E-state index in [1.165, 1.54) is 0 Å². The summed E-state index contributed by atoms with van der Waals surface area (Å²) in [6, 6.07) is 9.65. The van der Waals surface area contributed by atoms with Gasteiger partial charge in [-0.1, -0.05) is 18.2 Å². The zero-order chi connectivity index (χ0) is 12.8. The van der Waals surface area contributed by atoms with Crippen LogP contribution in [0.15, 0.2) is 41.1 Å². The molecule has 5 heteroatoms. The van der Waals surface area contributed by atoms with Crippen LogP contribution in [0.4, 0.5) is 0 Å². The van der Waals surface area contributed by atoms with Gasteiger partial charge in [0.2, 0.25) is 0 Å². The Hall–Kier alpha value is -1.33. The van der Waals surface area contributed by atoms with E-state index in [1.54, 1.807) is 13.3 Å². The number of para-hydroxylation sites is 1. The molecule has 4 nitrogen and oxygen atoms in total. The second-order valence-corrected chi connectivity index (χ2v) is 4.54. The van der Waals surface area contributed by atoms with Crippen molar-refractivity contribution in [1.82, 2.24) is 9.78 Å². The van der Waals surface area contributed by atoms with Gasteiger partial charge in [0.05, 0.1) is 6.20 Å². The minimum absolute atomic E-state index is 0.721. The molecule has 1 aromatic carbocycles. The molecule has 2 aromatic rings. The van der Waals surface area contributed by atoms with Gasteiger partial charge in [0.25, 0.3) is 0 Å². The van der Waals surface area contributed by atoms with Crippen molar-refractivity contribution in [3.63, 3.8) is 0 Å². The van der Waals surface area contributed by atoms with Crippen molar-refractivity contribution in [2.24, 2.45) is 0 Å². The number of aromatic nitrogens is 2. The average Bonchev–Trinajstić information content (AvgIpc) is 2.73. The summed E-state index contributed by atoms with van der Waals surface area (Å²) < 4.78 is 13.5. The third-order valence-corrected chi connectivity index (χ3v) is 3.23. The molecule has 1 aromatic heterocycles. The lowest BCUT2D eigenvalue weighted by Gasteiger charge is -2.05. The predicted molar refractivity (Wildman–Crippen MR) is 72.9 cm³/mol. The van der Waals surface area contributed by atoms with E-state index >= 15 is 0 Å². The minimum atomic E-state index is 0.721. The number of nitrogens with zero attached hydrogens (tertiary/aromatic N) is 2. The van der Waals surface area contributed by atoms with Crippen molar-refractivity contribution in [3.8, 4) is 11.5 Å². The van der Waals surface area contributed by atoms with Crippen molar-refractivity contribution >= 4 is 15.9 Å². The van der Waals surface area contributed by atoms with E-state index in [1.807, 2.05) is 35.0 Å². The maximum Gasteiger partial charge on any atom is 0.179 e. The second-order valence-electron chi connectivity index (χ2n) is 3.78. The number of hydrogen-bond acceptors (Lipinski definition) is 3. The van der Waals surface area contributed by atoms with Crippen LogP contribution in [0.25, 0.3) is 0 Å². The molecule has 0 saturated carbocycles. The Morgan fingerprint density at radius 3 is 2.78 bits per heavy atom. The highest BCUT2D eigenvalue weighted by Gasteiger charge is 2.09. The number of hydrogen-bond donors (Lipinski definition) is 0. The molecule has 0 bridgehead atoms. The highest BCUT2D eigenvalue weighted by Crippen LogP contribution is 2.29. The fourth-order valence-electron chi connectivity index (χ4n) is 1.55. The third-order valence-electron chi connectivity index (χ3n) is 2.43. The number of rotatable bonds is 6. The molecule has 1 heterocycles. The van der Waals surface area contributed by atoms with Gasteiger partial charge in [0.1, 0.15) is 10.4 Å². The number of benzene rings is 1. The van der Waals surface area contributed by atoms with E-state index in [9.17, 15) is 0 Å². The average molecular weight is 311 g/mol. The van der Waals surface area contributed by atoms with E-state index in [0.717, 1.165) is 35.7 Å². The van der Waals surface area contributed by atoms with Crippen LogP contribution in [-0.2, 0) is 11.3 Å². The molecule has 0 unspecified atom stereocenters. The summed E-state index contributed by atoms with van der Waals surface area (Å²) >= 11 is 3.50. The lowest BCUT2D eigenvalue weighted by Crippen LogP contribution is -2.03. The van der Waals surface area contributed by atoms with Crippen LogP contribution < -0.4 is 4.74 Å². The summed E-state index contributed by atoms with van der Waals surface area (Å²) in [5, 5.41) is 4.27. The molecule has 0 spiro atoms. The SMILES string of the molecule is COCCCn1ncc(Oc2ccccc2)c1Br. The standard InChI is InChI=1S/C13H15BrN2O2/c1-17-9-5-8-16-13(14)12(10-15-16)18-11-6-3-2-4-7-11/h2-4,6-7,10H,5,8-9H2,1H3. The van der Waals surface area contributed by atoms with Gasteiger partial charge < -0.3 is 9.47 Å². The third kappa shape index (κ3) is 3.34. The maximum absolute atomic E-state index is 5.73. The summed E-state index contributed by atoms with van der Waals surface area (Å²) in [5.41, 5.74) is 0. The van der Waals surface area contributed by atoms with Crippen LogP contribution in [-0.4, -0.2) is 23.5 Å². The van der Waals surface area contributed by atoms with Gasteiger partial charge in [-0.05, 0) is 34.5 Å². The molecule has 2 rings (SSSR count). The van der Waals surface area contributed by atoms with Crippen LogP contribution in [0.2, 0.25) is 0 Å². The van der Waals surface area contributed by atoms with Crippen molar-refractivity contribution in [2.45, 2.75) is 13.0 Å². The lowest BCUT2D eigenvalue weighted by atomic mass is 10.3. The van der Waals surface area contributed by atoms with Crippen LogP contribution >= 0.6 is 15.9 Å². The monoisotopic (exact) mass is 310 g/mol. The van der Waals surface area contributed by atoms with E-state index in [0.29, 0.717) is 0 Å². The first-order valence-electron chi connectivity index (χ1n) is 5.74. The highest BCUT2D eigenvalue weighted by molar-refractivity contribution is 9.10. The number of methoxy groups -OCH3 is 1.